The second-order valence-corrected chi connectivity index (χ2v) is 11.1. The first kappa shape index (κ1) is 31.8. The highest BCUT2D eigenvalue weighted by Gasteiger charge is 2.29. The van der Waals surface area contributed by atoms with E-state index in [0.29, 0.717) is 19.7 Å². The van der Waals surface area contributed by atoms with Crippen molar-refractivity contribution in [3.63, 3.8) is 0 Å². The Balaban J connectivity index is 0.000000202. The average molecular weight is 604 g/mol. The molecule has 1 atom stereocenters. The van der Waals surface area contributed by atoms with Crippen molar-refractivity contribution in [3.05, 3.63) is 107 Å². The van der Waals surface area contributed by atoms with Gasteiger partial charge in [-0.3, -0.25) is 24.8 Å². The quantitative estimate of drug-likeness (QED) is 0.216. The minimum absolute atomic E-state index is 0.194. The third-order valence-corrected chi connectivity index (χ3v) is 7.57. The molecule has 0 bridgehead atoms. The van der Waals surface area contributed by atoms with Crippen molar-refractivity contribution >= 4 is 27.3 Å². The van der Waals surface area contributed by atoms with Gasteiger partial charge in [-0.15, -0.1) is 0 Å². The van der Waals surface area contributed by atoms with E-state index in [1.807, 2.05) is 60.4 Å². The summed E-state index contributed by atoms with van der Waals surface area (Å²) in [7, 11) is -2.57. The zero-order valence-corrected chi connectivity index (χ0v) is 25.2. The zero-order chi connectivity index (χ0) is 30.6. The minimum Gasteiger partial charge on any atom is -0.489 e. The lowest BCUT2D eigenvalue weighted by Gasteiger charge is -2.37. The van der Waals surface area contributed by atoms with Crippen LogP contribution in [0.3, 0.4) is 0 Å². The molecule has 10 nitrogen and oxygen atoms in total. The maximum atomic E-state index is 11.8. The first-order valence-corrected chi connectivity index (χ1v) is 15.1. The smallest absolute Gasteiger partial charge is 0.311 e. The summed E-state index contributed by atoms with van der Waals surface area (Å²) >= 11 is 0. The van der Waals surface area contributed by atoms with Crippen LogP contribution < -0.4 is 10.2 Å². The number of nitrogens with one attached hydrogen (secondary N) is 1. The normalized spacial score (nSPS) is 14.3. The molecule has 4 aromatic rings. The lowest BCUT2D eigenvalue weighted by molar-refractivity contribution is -0.135. The first-order chi connectivity index (χ1) is 20.8. The van der Waals surface area contributed by atoms with Gasteiger partial charge in [0.2, 0.25) is 0 Å². The highest BCUT2D eigenvalue weighted by molar-refractivity contribution is 7.61. The number of nitrogens with zero attached hydrogens (tertiary/aromatic N) is 4. The molecule has 1 unspecified atom stereocenters. The molecule has 1 amide bonds. The predicted octanol–water partition coefficient (Wildman–Crippen LogP) is 4.17. The molecular weight excluding hydrogens is 566 g/mol. The molecule has 43 heavy (non-hydrogen) atoms. The van der Waals surface area contributed by atoms with Crippen LogP contribution in [0.15, 0.2) is 89.3 Å². The van der Waals surface area contributed by atoms with Gasteiger partial charge in [-0.05, 0) is 43.7 Å². The van der Waals surface area contributed by atoms with Gasteiger partial charge in [0.05, 0.1) is 12.1 Å². The molecule has 1 aromatic heterocycles. The molecule has 2 N–H and O–H groups in total. The Morgan fingerprint density at radius 1 is 0.977 bits per heavy atom. The van der Waals surface area contributed by atoms with E-state index in [9.17, 15) is 13.2 Å². The van der Waals surface area contributed by atoms with E-state index in [1.54, 1.807) is 5.48 Å². The maximum Gasteiger partial charge on any atom is 0.311 e. The summed E-state index contributed by atoms with van der Waals surface area (Å²) in [6, 6.07) is 27.7. The number of amides is 1. The summed E-state index contributed by atoms with van der Waals surface area (Å²) in [5.74, 6) is 0.247. The Labute approximate surface area is 253 Å². The average Bonchev–Trinajstić information content (AvgIpc) is 3.02. The fourth-order valence-electron chi connectivity index (χ4n) is 4.95. The number of hydrogen-bond donors (Lipinski definition) is 2. The molecule has 5 rings (SSSR count). The monoisotopic (exact) mass is 603 g/mol. The number of ether oxygens (including phenoxy) is 1. The van der Waals surface area contributed by atoms with Crippen molar-refractivity contribution in [2.75, 3.05) is 32.7 Å². The molecule has 0 radical (unpaired) electrons. The molecule has 1 saturated heterocycles. The van der Waals surface area contributed by atoms with Gasteiger partial charge in [-0.2, -0.15) is 12.8 Å². The molecular formula is C32H37N5O5S. The van der Waals surface area contributed by atoms with Crippen molar-refractivity contribution in [1.29, 1.82) is 0 Å². The molecule has 1 aliphatic heterocycles. The highest BCUT2D eigenvalue weighted by Crippen LogP contribution is 2.20. The van der Waals surface area contributed by atoms with E-state index in [-0.39, 0.29) is 6.54 Å². The molecule has 2 heterocycles. The summed E-state index contributed by atoms with van der Waals surface area (Å²) in [6.07, 6.45) is 0. The van der Waals surface area contributed by atoms with Gasteiger partial charge in [-0.25, -0.2) is 5.48 Å². The summed E-state index contributed by atoms with van der Waals surface area (Å²) in [5.41, 5.74) is 7.26. The minimum atomic E-state index is -2.57. The van der Waals surface area contributed by atoms with E-state index in [1.165, 1.54) is 16.7 Å². The third-order valence-electron chi connectivity index (χ3n) is 7.21. The Bertz CT molecular complexity index is 1620. The number of hydroxylamine groups is 1. The molecule has 11 heteroatoms. The predicted molar refractivity (Wildman–Crippen MR) is 165 cm³/mol. The van der Waals surface area contributed by atoms with Crippen LogP contribution in [0.4, 0.5) is 0 Å². The molecule has 0 saturated carbocycles. The third kappa shape index (κ3) is 9.69. The number of para-hydroxylation sites is 2. The number of carbonyl (C=O) groups is 1. The van der Waals surface area contributed by atoms with Crippen LogP contribution in [-0.2, 0) is 28.4 Å². The number of benzene rings is 3. The van der Waals surface area contributed by atoms with Gasteiger partial charge in [0.1, 0.15) is 18.4 Å². The number of fused-ring (bicyclic) bond motifs is 1. The van der Waals surface area contributed by atoms with Crippen LogP contribution in [0.25, 0.3) is 10.9 Å². The molecule has 226 valence electrons. The number of carbonyl (C=O) groups excluding carboxylic acids is 1. The van der Waals surface area contributed by atoms with Crippen LogP contribution in [0, 0.1) is 13.8 Å². The van der Waals surface area contributed by atoms with Crippen molar-refractivity contribution < 1.29 is 23.2 Å². The van der Waals surface area contributed by atoms with E-state index in [2.05, 4.69) is 57.6 Å². The number of aryl methyl sites for hydroxylation is 2. The number of rotatable bonds is 9. The summed E-state index contributed by atoms with van der Waals surface area (Å²) in [6.45, 7) is 7.98. The van der Waals surface area contributed by atoms with Gasteiger partial charge in [0.15, 0.2) is 0 Å². The fraction of sp³-hybridized carbons (Fsp3) is 0.312. The lowest BCUT2D eigenvalue weighted by Crippen LogP contribution is -2.55. The Kier molecular flexibility index (Phi) is 11.7. The van der Waals surface area contributed by atoms with Gasteiger partial charge >= 0.3 is 10.5 Å². The first-order valence-electron chi connectivity index (χ1n) is 14.1. The molecule has 3 aromatic carbocycles. The summed E-state index contributed by atoms with van der Waals surface area (Å²) < 4.78 is 30.4. The van der Waals surface area contributed by atoms with Gasteiger partial charge in [0.25, 0.3) is 5.91 Å². The van der Waals surface area contributed by atoms with Crippen LogP contribution in [0.2, 0.25) is 0 Å². The van der Waals surface area contributed by atoms with Crippen LogP contribution >= 0.6 is 0 Å². The molecule has 0 spiro atoms. The van der Waals surface area contributed by atoms with Crippen LogP contribution in [0.1, 0.15) is 22.4 Å². The standard InChI is InChI=1S/C17H15NO.C15H22N4O4S/c1-13-11-14(12-19-15-7-3-2-4-8-15)16-9-5-6-10-17(16)18-13;1-12-2-4-13(5-3-12)11-18-6-8-19(9-7-18)14(15(20)17-21)10-16-24(22)23/h2-11H,12H2,1H3;2-5,14,21H,6-11H2,1H3,(H,17,20). The molecule has 1 aliphatic rings. The Hall–Kier alpha value is -4.16. The second kappa shape index (κ2) is 15.9. The van der Waals surface area contributed by atoms with Crippen LogP contribution in [-0.4, -0.2) is 73.1 Å². The van der Waals surface area contributed by atoms with Gasteiger partial charge in [-0.1, -0.05) is 66.2 Å². The van der Waals surface area contributed by atoms with Crippen molar-refractivity contribution in [2.45, 2.75) is 33.0 Å². The summed E-state index contributed by atoms with van der Waals surface area (Å²) in [4.78, 5) is 20.4. The number of aromatic nitrogens is 1. The van der Waals surface area contributed by atoms with Gasteiger partial charge in [0, 0.05) is 49.4 Å². The number of hydrogen-bond acceptors (Lipinski definition) is 9. The molecule has 1 fully saturated rings. The molecule has 0 aliphatic carbocycles. The fourth-order valence-corrected chi connectivity index (χ4v) is 5.21. The highest BCUT2D eigenvalue weighted by atomic mass is 32.2. The summed E-state index contributed by atoms with van der Waals surface area (Å²) in [5, 5.41) is 9.99. The zero-order valence-electron chi connectivity index (χ0n) is 24.4. The van der Waals surface area contributed by atoms with E-state index in [4.69, 9.17) is 9.94 Å². The largest absolute Gasteiger partial charge is 0.489 e. The number of piperazine rings is 1. The van der Waals surface area contributed by atoms with Crippen LogP contribution in [0.5, 0.6) is 5.75 Å². The Morgan fingerprint density at radius 2 is 1.65 bits per heavy atom. The number of pyridine rings is 1. The SMILES string of the molecule is Cc1cc(COc2ccccc2)c2ccccc2n1.Cc1ccc(CN2CCN(C(CN=S(=O)=O)C(=O)NO)CC2)cc1. The van der Waals surface area contributed by atoms with E-state index < -0.39 is 22.4 Å². The second-order valence-electron chi connectivity index (χ2n) is 10.4. The maximum absolute atomic E-state index is 11.8. The lowest BCUT2D eigenvalue weighted by atomic mass is 10.1. The van der Waals surface area contributed by atoms with Crippen molar-refractivity contribution in [2.24, 2.45) is 4.36 Å². The van der Waals surface area contributed by atoms with Crippen molar-refractivity contribution in [1.82, 2.24) is 20.3 Å². The topological polar surface area (TPSA) is 124 Å². The van der Waals surface area contributed by atoms with Crippen molar-refractivity contribution in [3.8, 4) is 5.75 Å². The Morgan fingerprint density at radius 3 is 2.33 bits per heavy atom. The van der Waals surface area contributed by atoms with E-state index in [0.717, 1.165) is 42.0 Å². The van der Waals surface area contributed by atoms with Gasteiger partial charge < -0.3 is 4.74 Å². The van der Waals surface area contributed by atoms with E-state index >= 15 is 0 Å².